The summed E-state index contributed by atoms with van der Waals surface area (Å²) >= 11 is 0. The van der Waals surface area contributed by atoms with Crippen molar-refractivity contribution in [2.75, 3.05) is 39.8 Å². The van der Waals surface area contributed by atoms with Crippen LogP contribution >= 0.6 is 0 Å². The summed E-state index contributed by atoms with van der Waals surface area (Å²) in [7, 11) is 1.16. The van der Waals surface area contributed by atoms with Crippen molar-refractivity contribution in [3.05, 3.63) is 0 Å². The van der Waals surface area contributed by atoms with Crippen LogP contribution in [0.2, 0.25) is 0 Å². The van der Waals surface area contributed by atoms with Gasteiger partial charge in [0.05, 0.1) is 19.7 Å². The second-order valence-electron chi connectivity index (χ2n) is 9.78. The fourth-order valence-corrected chi connectivity index (χ4v) is 3.75. The molecule has 14 nitrogen and oxygen atoms in total. The van der Waals surface area contributed by atoms with E-state index >= 15 is 0 Å². The Labute approximate surface area is 256 Å². The fraction of sp³-hybridized carbons (Fsp3) is 0.793. The summed E-state index contributed by atoms with van der Waals surface area (Å²) in [6, 6.07) is -1.91. The van der Waals surface area contributed by atoms with Crippen molar-refractivity contribution in [3.8, 4) is 0 Å². The minimum Gasteiger partial charge on any atom is -0.481 e. The molecule has 250 valence electrons. The molecule has 0 aliphatic rings. The molecule has 0 radical (unpaired) electrons. The van der Waals surface area contributed by atoms with Crippen LogP contribution in [0.4, 0.5) is 0 Å². The molecule has 0 heterocycles. The molecule has 0 aliphatic heterocycles. The molecule has 0 aromatic rings. The van der Waals surface area contributed by atoms with Gasteiger partial charge in [-0.25, -0.2) is 4.79 Å². The van der Waals surface area contributed by atoms with Gasteiger partial charge in [0.15, 0.2) is 0 Å². The number of ether oxygens (including phenoxy) is 1. The summed E-state index contributed by atoms with van der Waals surface area (Å²) in [5.74, 6) is -3.28. The van der Waals surface area contributed by atoms with Gasteiger partial charge in [-0.3, -0.25) is 24.0 Å². The van der Waals surface area contributed by atoms with Crippen molar-refractivity contribution in [2.45, 2.75) is 110 Å². The zero-order chi connectivity index (χ0) is 32.9. The summed E-state index contributed by atoms with van der Waals surface area (Å²) in [5.41, 5.74) is 5.84. The molecule has 0 fully saturated rings. The SMILES string of the molecule is CC.CCCCCCCCCC(=O)NCCNC[C@H](N)C(=O)NCC(=O)NCC[C@@H](NC(=O)CCCC(=O)O)C(=O)OC. The number of carboxylic acid groups (broad SMARTS) is 1. The molecule has 4 amide bonds. The minimum absolute atomic E-state index is 0.00411. The minimum atomic E-state index is -1.02. The molecule has 0 saturated heterocycles. The van der Waals surface area contributed by atoms with Crippen molar-refractivity contribution < 1.29 is 38.6 Å². The van der Waals surface area contributed by atoms with Crippen LogP contribution in [0.5, 0.6) is 0 Å². The van der Waals surface area contributed by atoms with E-state index < -0.39 is 41.7 Å². The van der Waals surface area contributed by atoms with Crippen LogP contribution < -0.4 is 32.3 Å². The van der Waals surface area contributed by atoms with Gasteiger partial charge in [-0.05, 0) is 19.3 Å². The first-order chi connectivity index (χ1) is 20.6. The zero-order valence-electron chi connectivity index (χ0n) is 26.6. The molecule has 0 aliphatic carbocycles. The standard InChI is InChI=1S/C27H50N6O8.C2H6/c1-3-4-5-6-7-8-9-11-22(34)31-17-16-29-18-20(28)26(39)32-19-24(36)30-15-14-21(27(40)41-2)33-23(35)12-10-13-25(37)38;1-2/h20-21,29H,3-19,28H2,1-2H3,(H,30,36)(H,31,34)(H,32,39)(H,33,35)(H,37,38);1-2H3/t20-,21+;/m0./s1. The van der Waals surface area contributed by atoms with Crippen LogP contribution in [-0.4, -0.2) is 92.6 Å². The highest BCUT2D eigenvalue weighted by Crippen LogP contribution is 2.08. The van der Waals surface area contributed by atoms with E-state index in [0.717, 1.165) is 26.4 Å². The average molecular weight is 617 g/mol. The van der Waals surface area contributed by atoms with Crippen molar-refractivity contribution >= 4 is 35.6 Å². The maximum absolute atomic E-state index is 12.1. The molecule has 0 bridgehead atoms. The molecule has 2 atom stereocenters. The number of rotatable bonds is 25. The summed E-state index contributed by atoms with van der Waals surface area (Å²) in [6.07, 6.45) is 8.47. The lowest BCUT2D eigenvalue weighted by Gasteiger charge is -2.17. The first-order valence-electron chi connectivity index (χ1n) is 15.5. The third-order valence-electron chi connectivity index (χ3n) is 6.13. The molecular formula is C29H56N6O8. The number of amides is 4. The Kier molecular flexibility index (Phi) is 28.1. The second-order valence-corrected chi connectivity index (χ2v) is 9.78. The highest BCUT2D eigenvalue weighted by Gasteiger charge is 2.21. The molecule has 8 N–H and O–H groups in total. The van der Waals surface area contributed by atoms with Crippen molar-refractivity contribution in [2.24, 2.45) is 5.73 Å². The third kappa shape index (κ3) is 26.1. The predicted molar refractivity (Wildman–Crippen MR) is 164 cm³/mol. The van der Waals surface area contributed by atoms with E-state index in [-0.39, 0.29) is 51.2 Å². The van der Waals surface area contributed by atoms with E-state index in [4.69, 9.17) is 10.8 Å². The Hall–Kier alpha value is -3.26. The topological polar surface area (TPSA) is 218 Å². The van der Waals surface area contributed by atoms with E-state index in [1.165, 1.54) is 25.7 Å². The number of methoxy groups -OCH3 is 1. The fourth-order valence-electron chi connectivity index (χ4n) is 3.75. The van der Waals surface area contributed by atoms with Gasteiger partial charge in [-0.15, -0.1) is 0 Å². The maximum atomic E-state index is 12.1. The van der Waals surface area contributed by atoms with Gasteiger partial charge in [-0.2, -0.15) is 0 Å². The van der Waals surface area contributed by atoms with Gasteiger partial charge in [0.2, 0.25) is 23.6 Å². The Balaban J connectivity index is 0. The third-order valence-corrected chi connectivity index (χ3v) is 6.13. The maximum Gasteiger partial charge on any atom is 0.328 e. The number of hydrogen-bond acceptors (Lipinski definition) is 9. The Morgan fingerprint density at radius 1 is 0.744 bits per heavy atom. The first kappa shape index (κ1) is 41.9. The number of hydrogen-bond donors (Lipinski definition) is 7. The number of carbonyl (C=O) groups is 6. The number of unbranched alkanes of at least 4 members (excludes halogenated alkanes) is 6. The number of carbonyl (C=O) groups excluding carboxylic acids is 5. The summed E-state index contributed by atoms with van der Waals surface area (Å²) < 4.78 is 4.65. The molecule has 43 heavy (non-hydrogen) atoms. The average Bonchev–Trinajstić information content (AvgIpc) is 2.98. The number of nitrogens with two attached hydrogens (primary N) is 1. The second kappa shape index (κ2) is 28.8. The van der Waals surface area contributed by atoms with Gasteiger partial charge >= 0.3 is 11.9 Å². The Morgan fingerprint density at radius 3 is 1.98 bits per heavy atom. The summed E-state index contributed by atoms with van der Waals surface area (Å²) in [4.78, 5) is 70.5. The lowest BCUT2D eigenvalue weighted by Crippen LogP contribution is -2.50. The van der Waals surface area contributed by atoms with Crippen LogP contribution in [0.1, 0.15) is 97.8 Å². The molecule has 14 heteroatoms. The zero-order valence-corrected chi connectivity index (χ0v) is 26.6. The molecular weight excluding hydrogens is 560 g/mol. The van der Waals surface area contributed by atoms with Gasteiger partial charge in [0.25, 0.3) is 0 Å². The normalized spacial score (nSPS) is 11.7. The van der Waals surface area contributed by atoms with E-state index in [0.29, 0.717) is 19.5 Å². The van der Waals surface area contributed by atoms with Crippen LogP contribution in [0.25, 0.3) is 0 Å². The number of esters is 1. The molecule has 0 aromatic heterocycles. The highest BCUT2D eigenvalue weighted by atomic mass is 16.5. The smallest absolute Gasteiger partial charge is 0.328 e. The van der Waals surface area contributed by atoms with E-state index in [1.54, 1.807) is 0 Å². The van der Waals surface area contributed by atoms with Gasteiger partial charge in [-0.1, -0.05) is 59.3 Å². The number of carboxylic acids is 1. The first-order valence-corrected chi connectivity index (χ1v) is 15.5. The number of nitrogens with one attached hydrogen (secondary N) is 5. The molecule has 0 unspecified atom stereocenters. The van der Waals surface area contributed by atoms with Crippen LogP contribution in [0.3, 0.4) is 0 Å². The molecule has 0 rings (SSSR count). The quantitative estimate of drug-likeness (QED) is 0.0563. The van der Waals surface area contributed by atoms with Crippen LogP contribution in [-0.2, 0) is 33.5 Å². The van der Waals surface area contributed by atoms with Gasteiger partial charge in [0, 0.05) is 45.4 Å². The number of aliphatic carboxylic acids is 1. The highest BCUT2D eigenvalue weighted by molar-refractivity contribution is 5.87. The largest absolute Gasteiger partial charge is 0.481 e. The summed E-state index contributed by atoms with van der Waals surface area (Å²) in [5, 5.41) is 21.9. The Morgan fingerprint density at radius 2 is 1.35 bits per heavy atom. The predicted octanol–water partition coefficient (Wildman–Crippen LogP) is 0.722. The van der Waals surface area contributed by atoms with Crippen molar-refractivity contribution in [1.82, 2.24) is 26.6 Å². The molecule has 0 saturated carbocycles. The van der Waals surface area contributed by atoms with Crippen LogP contribution in [0, 0.1) is 0 Å². The van der Waals surface area contributed by atoms with Gasteiger partial charge in [0.1, 0.15) is 6.04 Å². The van der Waals surface area contributed by atoms with E-state index in [9.17, 15) is 28.8 Å². The van der Waals surface area contributed by atoms with Crippen molar-refractivity contribution in [1.29, 1.82) is 0 Å². The van der Waals surface area contributed by atoms with Gasteiger partial charge < -0.3 is 42.2 Å². The van der Waals surface area contributed by atoms with E-state index in [1.807, 2.05) is 13.8 Å². The molecule has 0 aromatic carbocycles. The lowest BCUT2D eigenvalue weighted by molar-refractivity contribution is -0.145. The monoisotopic (exact) mass is 616 g/mol. The van der Waals surface area contributed by atoms with Crippen LogP contribution in [0.15, 0.2) is 0 Å². The summed E-state index contributed by atoms with van der Waals surface area (Å²) in [6.45, 7) is 6.90. The van der Waals surface area contributed by atoms with E-state index in [2.05, 4.69) is 38.2 Å². The molecule has 0 spiro atoms. The Bertz CT molecular complexity index is 812. The lowest BCUT2D eigenvalue weighted by atomic mass is 10.1. The van der Waals surface area contributed by atoms with Crippen molar-refractivity contribution in [3.63, 3.8) is 0 Å².